The van der Waals surface area contributed by atoms with E-state index in [2.05, 4.69) is 4.98 Å². The monoisotopic (exact) mass is 321 g/mol. The first-order valence-corrected chi connectivity index (χ1v) is 7.85. The van der Waals surface area contributed by atoms with E-state index in [-0.39, 0.29) is 17.9 Å². The largest absolute Gasteiger partial charge is 0.549 e. The average Bonchev–Trinajstić information content (AvgIpc) is 3.11. The number of fused-ring (bicyclic) bond motifs is 1. The predicted octanol–water partition coefficient (Wildman–Crippen LogP) is 0.941. The van der Waals surface area contributed by atoms with Crippen molar-refractivity contribution in [1.29, 1.82) is 0 Å². The fourth-order valence-electron chi connectivity index (χ4n) is 1.85. The minimum absolute atomic E-state index is 0.202. The number of carboxylic acids is 1. The number of aromatic nitrogens is 2. The zero-order valence-corrected chi connectivity index (χ0v) is 12.3. The van der Waals surface area contributed by atoms with E-state index in [0.717, 1.165) is 11.8 Å². The molecule has 0 bridgehead atoms. The number of thiophene rings is 1. The third-order valence-electron chi connectivity index (χ3n) is 2.74. The van der Waals surface area contributed by atoms with E-state index < -0.39 is 5.97 Å². The van der Waals surface area contributed by atoms with Crippen LogP contribution in [0.5, 0.6) is 0 Å². The molecule has 0 N–H and O–H groups in total. The van der Waals surface area contributed by atoms with Gasteiger partial charge < -0.3 is 14.3 Å². The molecule has 0 spiro atoms. The normalized spacial score (nSPS) is 11.0. The van der Waals surface area contributed by atoms with Crippen LogP contribution < -0.4 is 10.7 Å². The van der Waals surface area contributed by atoms with Crippen LogP contribution >= 0.6 is 23.1 Å². The van der Waals surface area contributed by atoms with Crippen LogP contribution in [0.2, 0.25) is 0 Å². The Hall–Kier alpha value is -2.06. The molecule has 108 valence electrons. The summed E-state index contributed by atoms with van der Waals surface area (Å²) in [4.78, 5) is 27.5. The second-order valence-corrected chi connectivity index (χ2v) is 6.02. The van der Waals surface area contributed by atoms with Gasteiger partial charge in [0.25, 0.3) is 5.56 Å². The van der Waals surface area contributed by atoms with Crippen molar-refractivity contribution in [3.8, 4) is 0 Å². The molecule has 0 saturated carbocycles. The van der Waals surface area contributed by atoms with Gasteiger partial charge >= 0.3 is 0 Å². The molecule has 0 aliphatic rings. The summed E-state index contributed by atoms with van der Waals surface area (Å²) in [6.07, 6.45) is 1.52. The maximum absolute atomic E-state index is 12.5. The highest BCUT2D eigenvalue weighted by molar-refractivity contribution is 7.99. The molecule has 0 amide bonds. The number of rotatable bonds is 5. The SMILES string of the molecule is O=C([O-])CSc1nc2ccsc2c(=O)n1Cc1ccco1. The van der Waals surface area contributed by atoms with Crippen LogP contribution in [0.3, 0.4) is 0 Å². The van der Waals surface area contributed by atoms with Crippen LogP contribution in [0.25, 0.3) is 10.2 Å². The molecule has 0 aliphatic heterocycles. The van der Waals surface area contributed by atoms with Gasteiger partial charge in [-0.3, -0.25) is 9.36 Å². The first-order valence-electron chi connectivity index (χ1n) is 5.98. The molecule has 3 heterocycles. The van der Waals surface area contributed by atoms with Gasteiger partial charge in [0.1, 0.15) is 10.5 Å². The Bertz CT molecular complexity index is 836. The van der Waals surface area contributed by atoms with E-state index in [1.165, 1.54) is 22.2 Å². The minimum atomic E-state index is -1.20. The Morgan fingerprint density at radius 2 is 2.33 bits per heavy atom. The molecule has 0 unspecified atom stereocenters. The fraction of sp³-hybridized carbons (Fsp3) is 0.154. The van der Waals surface area contributed by atoms with Crippen LogP contribution in [-0.4, -0.2) is 21.3 Å². The lowest BCUT2D eigenvalue weighted by Crippen LogP contribution is -2.27. The van der Waals surface area contributed by atoms with Crippen LogP contribution in [0, 0.1) is 0 Å². The topological polar surface area (TPSA) is 88.2 Å². The number of carbonyl (C=O) groups is 1. The molecule has 6 nitrogen and oxygen atoms in total. The summed E-state index contributed by atoms with van der Waals surface area (Å²) in [5, 5.41) is 12.8. The third-order valence-corrected chi connectivity index (χ3v) is 4.59. The Morgan fingerprint density at radius 3 is 3.05 bits per heavy atom. The first-order chi connectivity index (χ1) is 10.1. The number of carboxylic acid groups (broad SMARTS) is 1. The van der Waals surface area contributed by atoms with Crippen molar-refractivity contribution in [2.45, 2.75) is 11.7 Å². The van der Waals surface area contributed by atoms with Crippen LogP contribution in [0.1, 0.15) is 5.76 Å². The molecule has 3 aromatic heterocycles. The van der Waals surface area contributed by atoms with Crippen molar-refractivity contribution < 1.29 is 14.3 Å². The fourth-order valence-corrected chi connectivity index (χ4v) is 3.35. The number of aliphatic carboxylic acids is 1. The number of carbonyl (C=O) groups excluding carboxylic acids is 1. The summed E-state index contributed by atoms with van der Waals surface area (Å²) in [5.41, 5.74) is 0.369. The van der Waals surface area contributed by atoms with Crippen molar-refractivity contribution in [2.75, 3.05) is 5.75 Å². The molecule has 3 rings (SSSR count). The first kappa shape index (κ1) is 13.9. The van der Waals surface area contributed by atoms with Crippen molar-refractivity contribution in [3.05, 3.63) is 46.0 Å². The zero-order valence-electron chi connectivity index (χ0n) is 10.6. The van der Waals surface area contributed by atoms with Gasteiger partial charge in [0.2, 0.25) is 0 Å². The molecule has 0 atom stereocenters. The van der Waals surface area contributed by atoms with Crippen molar-refractivity contribution >= 4 is 39.3 Å². The maximum atomic E-state index is 12.5. The standard InChI is InChI=1S/C13H10N2O4S2/c16-10(17)7-21-13-14-9-3-5-20-11(9)12(18)15(13)6-8-2-1-4-19-8/h1-5H,6-7H2,(H,16,17)/p-1. The maximum Gasteiger partial charge on any atom is 0.272 e. The number of thioether (sulfide) groups is 1. The highest BCUT2D eigenvalue weighted by Crippen LogP contribution is 2.21. The van der Waals surface area contributed by atoms with Crippen molar-refractivity contribution in [1.82, 2.24) is 9.55 Å². The summed E-state index contributed by atoms with van der Waals surface area (Å²) in [6.45, 7) is 0.210. The summed E-state index contributed by atoms with van der Waals surface area (Å²) < 4.78 is 7.21. The zero-order chi connectivity index (χ0) is 14.8. The van der Waals surface area contributed by atoms with E-state index in [4.69, 9.17) is 4.42 Å². The van der Waals surface area contributed by atoms with E-state index >= 15 is 0 Å². The smallest absolute Gasteiger partial charge is 0.272 e. The van der Waals surface area contributed by atoms with Crippen LogP contribution in [0.4, 0.5) is 0 Å². The molecular formula is C13H9N2O4S2-. The molecule has 0 aromatic carbocycles. The van der Waals surface area contributed by atoms with E-state index in [0.29, 0.717) is 21.1 Å². The second kappa shape index (κ2) is 5.74. The van der Waals surface area contributed by atoms with Gasteiger partial charge in [-0.15, -0.1) is 11.3 Å². The highest BCUT2D eigenvalue weighted by atomic mass is 32.2. The molecule has 0 fully saturated rings. The van der Waals surface area contributed by atoms with Crippen molar-refractivity contribution in [3.63, 3.8) is 0 Å². The predicted molar refractivity (Wildman–Crippen MR) is 77.4 cm³/mol. The molecule has 21 heavy (non-hydrogen) atoms. The Morgan fingerprint density at radius 1 is 1.48 bits per heavy atom. The van der Waals surface area contributed by atoms with Gasteiger partial charge in [0, 0.05) is 5.75 Å². The van der Waals surface area contributed by atoms with Gasteiger partial charge in [-0.25, -0.2) is 4.98 Å². The Balaban J connectivity index is 2.08. The molecule has 3 aromatic rings. The summed E-state index contributed by atoms with van der Waals surface area (Å²) in [7, 11) is 0. The average molecular weight is 321 g/mol. The molecule has 0 aliphatic carbocycles. The molecule has 8 heteroatoms. The minimum Gasteiger partial charge on any atom is -0.549 e. The van der Waals surface area contributed by atoms with Gasteiger partial charge in [0.15, 0.2) is 5.16 Å². The van der Waals surface area contributed by atoms with Crippen molar-refractivity contribution in [2.24, 2.45) is 0 Å². The summed E-state index contributed by atoms with van der Waals surface area (Å²) in [6, 6.07) is 5.21. The van der Waals surface area contributed by atoms with Gasteiger partial charge in [-0.1, -0.05) is 11.8 Å². The summed E-state index contributed by atoms with van der Waals surface area (Å²) in [5.74, 6) is -0.866. The lowest BCUT2D eigenvalue weighted by atomic mass is 10.4. The van der Waals surface area contributed by atoms with Gasteiger partial charge in [0.05, 0.1) is 24.3 Å². The quantitative estimate of drug-likeness (QED) is 0.513. The number of hydrogen-bond donors (Lipinski definition) is 0. The Labute approximate surface area is 127 Å². The lowest BCUT2D eigenvalue weighted by Gasteiger charge is -2.10. The number of nitrogens with zero attached hydrogens (tertiary/aromatic N) is 2. The van der Waals surface area contributed by atoms with Gasteiger partial charge in [-0.2, -0.15) is 0 Å². The summed E-state index contributed by atoms with van der Waals surface area (Å²) >= 11 is 2.27. The van der Waals surface area contributed by atoms with E-state index in [9.17, 15) is 14.7 Å². The molecular weight excluding hydrogens is 312 g/mol. The van der Waals surface area contributed by atoms with Crippen LogP contribution in [-0.2, 0) is 11.3 Å². The Kier molecular flexibility index (Phi) is 3.80. The third kappa shape index (κ3) is 2.86. The highest BCUT2D eigenvalue weighted by Gasteiger charge is 2.14. The molecule has 0 saturated heterocycles. The van der Waals surface area contributed by atoms with Crippen LogP contribution in [0.15, 0.2) is 44.2 Å². The van der Waals surface area contributed by atoms with E-state index in [1.807, 2.05) is 0 Å². The number of hydrogen-bond acceptors (Lipinski definition) is 7. The number of furan rings is 1. The lowest BCUT2D eigenvalue weighted by molar-refractivity contribution is -0.301. The van der Waals surface area contributed by atoms with Gasteiger partial charge in [-0.05, 0) is 23.6 Å². The van der Waals surface area contributed by atoms with E-state index in [1.54, 1.807) is 23.6 Å². The molecule has 0 radical (unpaired) electrons. The second-order valence-electron chi connectivity index (χ2n) is 4.16.